The predicted octanol–water partition coefficient (Wildman–Crippen LogP) is 2.32. The molecule has 0 N–H and O–H groups in total. The second-order valence-electron chi connectivity index (χ2n) is 3.98. The number of fused-ring (bicyclic) bond motifs is 1. The van der Waals surface area contributed by atoms with Crippen LogP contribution < -0.4 is 3.92 Å². The molecular weight excluding hydrogens is 284 g/mol. The zero-order chi connectivity index (χ0) is 11.8. The first-order valence-corrected chi connectivity index (χ1v) is 7.12. The maximum absolute atomic E-state index is 13.2. The third kappa shape index (κ3) is 1.84. The maximum atomic E-state index is 13.2. The van der Waals surface area contributed by atoms with Crippen LogP contribution in [0.5, 0.6) is 0 Å². The quantitative estimate of drug-likeness (QED) is 0.728. The average molecular weight is 294 g/mol. The molecule has 17 heavy (non-hydrogen) atoms. The number of rotatable bonds is 1. The Balaban J connectivity index is 1.93. The predicted molar refractivity (Wildman–Crippen MR) is 65.2 cm³/mol. The van der Waals surface area contributed by atoms with E-state index >= 15 is 0 Å². The van der Waals surface area contributed by atoms with Crippen LogP contribution in [0.3, 0.4) is 0 Å². The summed E-state index contributed by atoms with van der Waals surface area (Å²) in [6, 6.07) is 6.24. The zero-order valence-electron chi connectivity index (χ0n) is 8.92. The molecule has 1 amide bonds. The summed E-state index contributed by atoms with van der Waals surface area (Å²) in [5.74, 6) is -0.267. The van der Waals surface area contributed by atoms with Crippen LogP contribution in [0, 0.1) is 11.7 Å². The van der Waals surface area contributed by atoms with Crippen LogP contribution in [0.1, 0.15) is 0 Å². The molecule has 2 nitrogen and oxygen atoms in total. The van der Waals surface area contributed by atoms with Crippen molar-refractivity contribution in [3.05, 3.63) is 54.4 Å². The number of anilines is 1. The van der Waals surface area contributed by atoms with E-state index < -0.39 is 0 Å². The summed E-state index contributed by atoms with van der Waals surface area (Å²) >= 11 is 0.0246. The molecule has 4 heteroatoms. The fourth-order valence-corrected chi connectivity index (χ4v) is 4.54. The molecule has 0 spiro atoms. The Kier molecular flexibility index (Phi) is 2.61. The Morgan fingerprint density at radius 3 is 2.82 bits per heavy atom. The molecule has 3 rings (SSSR count). The first kappa shape index (κ1) is 10.8. The monoisotopic (exact) mass is 295 g/mol. The van der Waals surface area contributed by atoms with E-state index in [1.54, 1.807) is 16.0 Å². The van der Waals surface area contributed by atoms with Gasteiger partial charge in [0.2, 0.25) is 0 Å². The van der Waals surface area contributed by atoms with Gasteiger partial charge >= 0.3 is 105 Å². The fourth-order valence-electron chi connectivity index (χ4n) is 2.01. The summed E-state index contributed by atoms with van der Waals surface area (Å²) in [7, 11) is 0. The number of allylic oxidation sites excluding steroid dienone is 3. The number of benzene rings is 1. The summed E-state index contributed by atoms with van der Waals surface area (Å²) in [6.07, 6.45) is 7.89. The van der Waals surface area contributed by atoms with Gasteiger partial charge in [-0.2, -0.15) is 0 Å². The standard InChI is InChI=1S/C13H10FNOSe/c14-9-4-3-5-10(8-9)15-13(16)11-6-1-2-7-12(11)17-15/h1-8,11-12H. The molecule has 1 aliphatic heterocycles. The first-order valence-electron chi connectivity index (χ1n) is 5.37. The van der Waals surface area contributed by atoms with Gasteiger partial charge in [0.15, 0.2) is 0 Å². The topological polar surface area (TPSA) is 20.3 Å². The number of nitrogens with zero attached hydrogens (tertiary/aromatic N) is 1. The van der Waals surface area contributed by atoms with Crippen LogP contribution in [-0.2, 0) is 4.79 Å². The van der Waals surface area contributed by atoms with Gasteiger partial charge in [0, 0.05) is 0 Å². The van der Waals surface area contributed by atoms with E-state index in [0.717, 1.165) is 0 Å². The zero-order valence-corrected chi connectivity index (χ0v) is 10.6. The van der Waals surface area contributed by atoms with Gasteiger partial charge in [0.25, 0.3) is 0 Å². The number of carbonyl (C=O) groups is 1. The number of hydrogen-bond donors (Lipinski definition) is 0. The van der Waals surface area contributed by atoms with E-state index in [2.05, 4.69) is 6.08 Å². The van der Waals surface area contributed by atoms with Crippen molar-refractivity contribution in [3.8, 4) is 0 Å². The van der Waals surface area contributed by atoms with Gasteiger partial charge in [0.1, 0.15) is 0 Å². The molecule has 2 atom stereocenters. The Labute approximate surface area is 105 Å². The molecule has 1 aromatic carbocycles. The molecule has 1 fully saturated rings. The van der Waals surface area contributed by atoms with Crippen molar-refractivity contribution in [3.63, 3.8) is 0 Å². The van der Waals surface area contributed by atoms with Crippen molar-refractivity contribution in [2.75, 3.05) is 3.92 Å². The van der Waals surface area contributed by atoms with Gasteiger partial charge in [-0.3, -0.25) is 0 Å². The molecule has 1 aromatic rings. The van der Waals surface area contributed by atoms with Crippen molar-refractivity contribution in [1.82, 2.24) is 0 Å². The van der Waals surface area contributed by atoms with Crippen molar-refractivity contribution in [1.29, 1.82) is 0 Å². The van der Waals surface area contributed by atoms with Gasteiger partial charge in [-0.1, -0.05) is 0 Å². The van der Waals surface area contributed by atoms with E-state index in [1.165, 1.54) is 12.1 Å². The third-order valence-electron chi connectivity index (χ3n) is 2.84. The Morgan fingerprint density at radius 1 is 1.24 bits per heavy atom. The van der Waals surface area contributed by atoms with Crippen molar-refractivity contribution < 1.29 is 9.18 Å². The Hall–Kier alpha value is -1.38. The SMILES string of the molecule is O=C1C2C=CC=CC2[Se]N1c1cccc(F)c1. The molecule has 0 aromatic heterocycles. The summed E-state index contributed by atoms with van der Waals surface area (Å²) in [4.78, 5) is 12.5. The molecular formula is C13H10FNOSe. The summed E-state index contributed by atoms with van der Waals surface area (Å²) in [5, 5.41) is 0. The molecule has 2 unspecified atom stereocenters. The number of amides is 1. The number of hydrogen-bond acceptors (Lipinski definition) is 1. The van der Waals surface area contributed by atoms with E-state index in [-0.39, 0.29) is 37.6 Å². The van der Waals surface area contributed by atoms with Gasteiger partial charge < -0.3 is 0 Å². The molecule has 2 aliphatic rings. The minimum atomic E-state index is -0.299. The molecule has 1 aliphatic carbocycles. The molecule has 1 heterocycles. The number of carbonyl (C=O) groups excluding carboxylic acids is 1. The average Bonchev–Trinajstić information content (AvgIpc) is 2.68. The fraction of sp³-hybridized carbons (Fsp3) is 0.154. The molecule has 0 saturated carbocycles. The van der Waals surface area contributed by atoms with Gasteiger partial charge in [-0.15, -0.1) is 0 Å². The minimum absolute atomic E-state index is 0.0246. The summed E-state index contributed by atoms with van der Waals surface area (Å²) in [6.45, 7) is 0. The van der Waals surface area contributed by atoms with Crippen molar-refractivity contribution in [2.45, 2.75) is 4.82 Å². The van der Waals surface area contributed by atoms with E-state index in [4.69, 9.17) is 0 Å². The molecule has 1 saturated heterocycles. The van der Waals surface area contributed by atoms with E-state index in [0.29, 0.717) is 5.69 Å². The molecule has 86 valence electrons. The first-order chi connectivity index (χ1) is 8.25. The Bertz CT molecular complexity index is 526. The van der Waals surface area contributed by atoms with Gasteiger partial charge in [-0.05, 0) is 0 Å². The van der Waals surface area contributed by atoms with E-state index in [9.17, 15) is 9.18 Å². The number of halogens is 1. The van der Waals surface area contributed by atoms with Crippen LogP contribution in [0.15, 0.2) is 48.6 Å². The van der Waals surface area contributed by atoms with E-state index in [1.807, 2.05) is 18.2 Å². The van der Waals surface area contributed by atoms with Crippen molar-refractivity contribution in [2.24, 2.45) is 5.92 Å². The van der Waals surface area contributed by atoms with Gasteiger partial charge in [-0.25, -0.2) is 0 Å². The van der Waals surface area contributed by atoms with Crippen LogP contribution >= 0.6 is 0 Å². The normalized spacial score (nSPS) is 26.4. The van der Waals surface area contributed by atoms with Crippen LogP contribution in [0.25, 0.3) is 0 Å². The third-order valence-corrected chi connectivity index (χ3v) is 5.56. The Morgan fingerprint density at radius 2 is 2.06 bits per heavy atom. The molecule has 0 radical (unpaired) electrons. The summed E-state index contributed by atoms with van der Waals surface area (Å²) < 4.78 is 14.9. The van der Waals surface area contributed by atoms with Crippen LogP contribution in [0.2, 0.25) is 4.82 Å². The summed E-state index contributed by atoms with van der Waals surface area (Å²) in [5.41, 5.74) is 0.672. The van der Waals surface area contributed by atoms with Crippen LogP contribution in [-0.4, -0.2) is 21.1 Å². The van der Waals surface area contributed by atoms with Gasteiger partial charge in [0.05, 0.1) is 0 Å². The van der Waals surface area contributed by atoms with Crippen molar-refractivity contribution >= 4 is 26.8 Å². The second-order valence-corrected chi connectivity index (χ2v) is 6.33. The molecule has 0 bridgehead atoms. The van der Waals surface area contributed by atoms with Crippen LogP contribution in [0.4, 0.5) is 10.1 Å². The second kappa shape index (κ2) is 4.13.